The van der Waals surface area contributed by atoms with E-state index >= 15 is 0 Å². The Morgan fingerprint density at radius 1 is 1.37 bits per heavy atom. The summed E-state index contributed by atoms with van der Waals surface area (Å²) >= 11 is 0. The maximum Gasteiger partial charge on any atom is 0.217 e. The van der Waals surface area contributed by atoms with Gasteiger partial charge in [0.05, 0.1) is 16.4 Å². The first-order valence-electron chi connectivity index (χ1n) is 6.30. The number of sulfonamides is 1. The molecule has 102 valence electrons. The van der Waals surface area contributed by atoms with Gasteiger partial charge in [-0.25, -0.2) is 13.1 Å². The Bertz CT molecular complexity index is 636. The highest BCUT2D eigenvalue weighted by molar-refractivity contribution is 7.90. The summed E-state index contributed by atoms with van der Waals surface area (Å²) in [6.07, 6.45) is 1.46. The normalized spacial score (nSPS) is 18.9. The Hall–Kier alpha value is -1.38. The molecule has 1 atom stereocenters. The van der Waals surface area contributed by atoms with Gasteiger partial charge in [-0.1, -0.05) is 12.1 Å². The molecule has 0 saturated heterocycles. The molecule has 4 nitrogen and oxygen atoms in total. The summed E-state index contributed by atoms with van der Waals surface area (Å²) < 4.78 is 26.3. The van der Waals surface area contributed by atoms with E-state index in [-0.39, 0.29) is 6.04 Å². The minimum atomic E-state index is -3.38. The van der Waals surface area contributed by atoms with Gasteiger partial charge in [0.15, 0.2) is 0 Å². The third kappa shape index (κ3) is 2.51. The Labute approximate surface area is 114 Å². The number of hydrogen-bond donors (Lipinski definition) is 1. The molecular formula is C14H18N2O2S. The third-order valence-electron chi connectivity index (χ3n) is 3.49. The lowest BCUT2D eigenvalue weighted by atomic mass is 10.0. The predicted octanol–water partition coefficient (Wildman–Crippen LogP) is 2.26. The minimum absolute atomic E-state index is 0.215. The van der Waals surface area contributed by atoms with E-state index in [0.29, 0.717) is 12.0 Å². The van der Waals surface area contributed by atoms with Gasteiger partial charge in [-0.05, 0) is 50.8 Å². The predicted molar refractivity (Wildman–Crippen MR) is 74.0 cm³/mol. The molecule has 0 spiro atoms. The van der Waals surface area contributed by atoms with Crippen molar-refractivity contribution in [3.63, 3.8) is 0 Å². The zero-order valence-corrected chi connectivity index (χ0v) is 12.2. The maximum absolute atomic E-state index is 12.2. The summed E-state index contributed by atoms with van der Waals surface area (Å²) in [6, 6.07) is 7.43. The van der Waals surface area contributed by atoms with Gasteiger partial charge < -0.3 is 0 Å². The van der Waals surface area contributed by atoms with Gasteiger partial charge in [0.25, 0.3) is 0 Å². The minimum Gasteiger partial charge on any atom is -0.212 e. The first-order chi connectivity index (χ1) is 8.76. The lowest BCUT2D eigenvalue weighted by Crippen LogP contribution is -2.40. The van der Waals surface area contributed by atoms with Crippen LogP contribution in [0.2, 0.25) is 0 Å². The van der Waals surface area contributed by atoms with Crippen molar-refractivity contribution in [1.29, 1.82) is 5.26 Å². The Morgan fingerprint density at radius 3 is 2.63 bits per heavy atom. The smallest absolute Gasteiger partial charge is 0.212 e. The van der Waals surface area contributed by atoms with Crippen LogP contribution in [0.5, 0.6) is 0 Å². The molecule has 0 bridgehead atoms. The summed E-state index contributed by atoms with van der Waals surface area (Å²) in [6.45, 7) is 5.03. The van der Waals surface area contributed by atoms with Crippen LogP contribution in [0.25, 0.3) is 0 Å². The zero-order valence-electron chi connectivity index (χ0n) is 11.4. The number of rotatable bonds is 2. The molecule has 0 saturated carbocycles. The van der Waals surface area contributed by atoms with Crippen molar-refractivity contribution in [3.05, 3.63) is 34.9 Å². The van der Waals surface area contributed by atoms with Gasteiger partial charge in [-0.3, -0.25) is 0 Å². The molecule has 0 amide bonds. The molecule has 1 aliphatic rings. The van der Waals surface area contributed by atoms with E-state index in [1.165, 1.54) is 0 Å². The molecule has 5 heteroatoms. The molecule has 0 aromatic heterocycles. The highest BCUT2D eigenvalue weighted by Crippen LogP contribution is 2.34. The second-order valence-electron chi connectivity index (χ2n) is 5.81. The van der Waals surface area contributed by atoms with E-state index < -0.39 is 14.8 Å². The first kappa shape index (κ1) is 14.0. The molecule has 0 unspecified atom stereocenters. The summed E-state index contributed by atoms with van der Waals surface area (Å²) in [5.41, 5.74) is 2.56. The average molecular weight is 278 g/mol. The van der Waals surface area contributed by atoms with Gasteiger partial charge in [-0.15, -0.1) is 0 Å². The number of fused-ring (bicyclic) bond motifs is 1. The Morgan fingerprint density at radius 2 is 2.05 bits per heavy atom. The first-order valence-corrected chi connectivity index (χ1v) is 7.78. The van der Waals surface area contributed by atoms with E-state index in [1.807, 2.05) is 6.07 Å². The number of nitrogens with one attached hydrogen (secondary N) is 1. The van der Waals surface area contributed by atoms with Gasteiger partial charge in [0.1, 0.15) is 0 Å². The monoisotopic (exact) mass is 278 g/mol. The lowest BCUT2D eigenvalue weighted by molar-refractivity contribution is 0.522. The second kappa shape index (κ2) is 4.62. The zero-order chi connectivity index (χ0) is 14.3. The second-order valence-corrected chi connectivity index (χ2v) is 8.28. The van der Waals surface area contributed by atoms with Crippen molar-refractivity contribution in [2.45, 2.75) is 44.4 Å². The molecule has 2 rings (SSSR count). The highest BCUT2D eigenvalue weighted by atomic mass is 32.2. The fourth-order valence-corrected chi connectivity index (χ4v) is 3.22. The third-order valence-corrected chi connectivity index (χ3v) is 5.70. The van der Waals surface area contributed by atoms with Crippen molar-refractivity contribution in [3.8, 4) is 6.07 Å². The van der Waals surface area contributed by atoms with Crippen molar-refractivity contribution >= 4 is 10.0 Å². The molecular weight excluding hydrogens is 260 g/mol. The molecule has 0 radical (unpaired) electrons. The van der Waals surface area contributed by atoms with E-state index in [0.717, 1.165) is 17.5 Å². The van der Waals surface area contributed by atoms with Crippen molar-refractivity contribution in [2.75, 3.05) is 0 Å². The fraction of sp³-hybridized carbons (Fsp3) is 0.500. The van der Waals surface area contributed by atoms with Gasteiger partial charge in [0, 0.05) is 6.04 Å². The number of nitrogens with zero attached hydrogens (tertiary/aromatic N) is 1. The lowest BCUT2D eigenvalue weighted by Gasteiger charge is -2.23. The van der Waals surface area contributed by atoms with Crippen LogP contribution in [0.4, 0.5) is 0 Å². The molecule has 19 heavy (non-hydrogen) atoms. The summed E-state index contributed by atoms with van der Waals surface area (Å²) in [4.78, 5) is 0. The molecule has 1 aliphatic carbocycles. The molecule has 1 N–H and O–H groups in total. The van der Waals surface area contributed by atoms with Crippen molar-refractivity contribution in [1.82, 2.24) is 4.72 Å². The largest absolute Gasteiger partial charge is 0.217 e. The van der Waals surface area contributed by atoms with Crippen molar-refractivity contribution < 1.29 is 8.42 Å². The molecule has 0 aliphatic heterocycles. The van der Waals surface area contributed by atoms with Crippen LogP contribution in [-0.2, 0) is 16.4 Å². The van der Waals surface area contributed by atoms with Crippen LogP contribution in [0, 0.1) is 11.3 Å². The molecule has 1 aromatic carbocycles. The summed E-state index contributed by atoms with van der Waals surface area (Å²) in [5.74, 6) is 0. The number of benzene rings is 1. The Kier molecular flexibility index (Phi) is 3.41. The average Bonchev–Trinajstić information content (AvgIpc) is 2.70. The Balaban J connectivity index is 2.33. The van der Waals surface area contributed by atoms with Crippen LogP contribution in [0.1, 0.15) is 49.9 Å². The number of hydrogen-bond acceptors (Lipinski definition) is 3. The van der Waals surface area contributed by atoms with E-state index in [1.54, 1.807) is 32.9 Å². The summed E-state index contributed by atoms with van der Waals surface area (Å²) in [5, 5.41) is 9.06. The topological polar surface area (TPSA) is 70.0 Å². The van der Waals surface area contributed by atoms with Crippen LogP contribution in [-0.4, -0.2) is 13.2 Å². The SMILES string of the molecule is CC(C)(C)S(=O)(=O)N[C@H]1CCc2c(C#N)cccc21. The maximum atomic E-state index is 12.2. The molecule has 1 aromatic rings. The van der Waals surface area contributed by atoms with Crippen LogP contribution in [0.15, 0.2) is 18.2 Å². The van der Waals surface area contributed by atoms with E-state index in [4.69, 9.17) is 5.26 Å². The van der Waals surface area contributed by atoms with Gasteiger partial charge >= 0.3 is 0 Å². The van der Waals surface area contributed by atoms with Gasteiger partial charge in [-0.2, -0.15) is 5.26 Å². The molecule has 0 heterocycles. The summed E-state index contributed by atoms with van der Waals surface area (Å²) in [7, 11) is -3.38. The number of nitriles is 1. The van der Waals surface area contributed by atoms with E-state index in [2.05, 4.69) is 10.8 Å². The van der Waals surface area contributed by atoms with E-state index in [9.17, 15) is 8.42 Å². The van der Waals surface area contributed by atoms with Crippen molar-refractivity contribution in [2.24, 2.45) is 0 Å². The van der Waals surface area contributed by atoms with Crippen LogP contribution in [0.3, 0.4) is 0 Å². The van der Waals surface area contributed by atoms with Crippen LogP contribution < -0.4 is 4.72 Å². The molecule has 0 fully saturated rings. The van der Waals surface area contributed by atoms with Gasteiger partial charge in [0.2, 0.25) is 10.0 Å². The standard InChI is InChI=1S/C14H18N2O2S/c1-14(2,3)19(17,18)16-13-8-7-11-10(9-15)5-4-6-12(11)13/h4-6,13,16H,7-8H2,1-3H3/t13-/m0/s1. The fourth-order valence-electron chi connectivity index (χ4n) is 2.25. The van der Waals surface area contributed by atoms with Crippen LogP contribution >= 0.6 is 0 Å². The quantitative estimate of drug-likeness (QED) is 0.902. The highest BCUT2D eigenvalue weighted by Gasteiger charge is 2.34.